The number of nitrogens with one attached hydrogen (secondary N) is 3. The van der Waals surface area contributed by atoms with Gasteiger partial charge in [0.1, 0.15) is 23.9 Å². The lowest BCUT2D eigenvalue weighted by Gasteiger charge is -2.15. The van der Waals surface area contributed by atoms with Crippen LogP contribution < -0.4 is 10.1 Å². The van der Waals surface area contributed by atoms with Crippen molar-refractivity contribution in [1.82, 2.24) is 25.1 Å². The van der Waals surface area contributed by atoms with Gasteiger partial charge in [0.05, 0.1) is 23.1 Å². The first-order chi connectivity index (χ1) is 22.8. The second-order valence-electron chi connectivity index (χ2n) is 12.9. The Kier molecular flexibility index (Phi) is 8.47. The molecular formula is C38H39FN6O2. The number of hydrogen-bond acceptors (Lipinski definition) is 5. The Bertz CT molecular complexity index is 2070. The maximum Gasteiger partial charge on any atom is 0.224 e. The molecule has 0 spiro atoms. The van der Waals surface area contributed by atoms with Crippen LogP contribution in [0.4, 0.5) is 10.1 Å². The summed E-state index contributed by atoms with van der Waals surface area (Å²) in [7, 11) is 0. The predicted octanol–water partition coefficient (Wildman–Crippen LogP) is 8.35. The predicted molar refractivity (Wildman–Crippen MR) is 186 cm³/mol. The molecule has 1 aliphatic heterocycles. The molecule has 1 amide bonds. The van der Waals surface area contributed by atoms with E-state index in [1.54, 1.807) is 18.5 Å². The number of carbonyl (C=O) groups is 1. The number of H-pyrrole nitrogens is 2. The molecule has 1 fully saturated rings. The minimum absolute atomic E-state index is 0.0282. The number of benzene rings is 3. The first kappa shape index (κ1) is 30.6. The number of amides is 1. The number of hydrogen-bond donors (Lipinski definition) is 3. The number of ether oxygens (including phenoxy) is 1. The van der Waals surface area contributed by atoms with Crippen molar-refractivity contribution in [3.05, 3.63) is 84.4 Å². The molecule has 3 N–H and O–H groups in total. The molecule has 9 heteroatoms. The summed E-state index contributed by atoms with van der Waals surface area (Å²) in [6.45, 7) is 9.68. The Morgan fingerprint density at radius 1 is 0.979 bits per heavy atom. The third kappa shape index (κ3) is 6.62. The Morgan fingerprint density at radius 2 is 1.83 bits per heavy atom. The minimum Gasteiger partial charge on any atom is -0.492 e. The number of likely N-dealkylation sites (tertiary alicyclic amines) is 1. The van der Waals surface area contributed by atoms with Crippen molar-refractivity contribution in [3.63, 3.8) is 0 Å². The fourth-order valence-electron chi connectivity index (χ4n) is 6.49. The number of pyridine rings is 1. The fourth-order valence-corrected chi connectivity index (χ4v) is 6.49. The van der Waals surface area contributed by atoms with Gasteiger partial charge in [0.15, 0.2) is 0 Å². The summed E-state index contributed by atoms with van der Waals surface area (Å²) in [5.74, 6) is 0.450. The van der Waals surface area contributed by atoms with Crippen LogP contribution in [0.1, 0.15) is 38.7 Å². The van der Waals surface area contributed by atoms with Gasteiger partial charge in [-0.25, -0.2) is 4.39 Å². The summed E-state index contributed by atoms with van der Waals surface area (Å²) in [4.78, 5) is 22.7. The zero-order valence-electron chi connectivity index (χ0n) is 27.0. The van der Waals surface area contributed by atoms with E-state index in [-0.39, 0.29) is 17.6 Å². The Balaban J connectivity index is 1.20. The lowest BCUT2D eigenvalue weighted by molar-refractivity contribution is -0.116. The second-order valence-corrected chi connectivity index (χ2v) is 12.9. The monoisotopic (exact) mass is 630 g/mol. The fraction of sp³-hybridized carbons (Fsp3) is 0.289. The molecule has 240 valence electrons. The van der Waals surface area contributed by atoms with Crippen molar-refractivity contribution in [2.45, 2.75) is 40.0 Å². The van der Waals surface area contributed by atoms with Crippen LogP contribution in [0.5, 0.6) is 5.75 Å². The zero-order valence-corrected chi connectivity index (χ0v) is 27.0. The van der Waals surface area contributed by atoms with Crippen LogP contribution in [-0.2, 0) is 4.79 Å². The molecule has 1 saturated heterocycles. The Labute approximate surface area is 273 Å². The molecular weight excluding hydrogens is 591 g/mol. The minimum atomic E-state index is -0.327. The number of nitrogens with zero attached hydrogens (tertiary/aromatic N) is 3. The summed E-state index contributed by atoms with van der Waals surface area (Å²) < 4.78 is 20.9. The highest BCUT2D eigenvalue weighted by atomic mass is 19.1. The molecule has 6 aromatic rings. The smallest absolute Gasteiger partial charge is 0.224 e. The van der Waals surface area contributed by atoms with Crippen molar-refractivity contribution in [2.24, 2.45) is 5.92 Å². The highest BCUT2D eigenvalue weighted by Gasteiger charge is 2.17. The molecule has 0 radical (unpaired) electrons. The maximum atomic E-state index is 14.9. The largest absolute Gasteiger partial charge is 0.492 e. The van der Waals surface area contributed by atoms with Crippen molar-refractivity contribution >= 4 is 33.4 Å². The van der Waals surface area contributed by atoms with Gasteiger partial charge in [-0.05, 0) is 97.4 Å². The van der Waals surface area contributed by atoms with E-state index in [1.165, 1.54) is 18.9 Å². The maximum absolute atomic E-state index is 14.9. The average Bonchev–Trinajstić information content (AvgIpc) is 3.81. The summed E-state index contributed by atoms with van der Waals surface area (Å²) in [5.41, 5.74) is 8.77. The highest BCUT2D eigenvalue weighted by molar-refractivity contribution is 6.03. The molecule has 0 bridgehead atoms. The average molecular weight is 631 g/mol. The van der Waals surface area contributed by atoms with E-state index in [0.717, 1.165) is 80.6 Å². The number of halogens is 1. The summed E-state index contributed by atoms with van der Waals surface area (Å²) in [6, 6.07) is 19.2. The molecule has 3 aromatic heterocycles. The van der Waals surface area contributed by atoms with Crippen LogP contribution in [0, 0.1) is 18.7 Å². The quantitative estimate of drug-likeness (QED) is 0.141. The van der Waals surface area contributed by atoms with Crippen molar-refractivity contribution in [1.29, 1.82) is 0 Å². The Hall–Kier alpha value is -5.02. The van der Waals surface area contributed by atoms with E-state index >= 15 is 0 Å². The summed E-state index contributed by atoms with van der Waals surface area (Å²) in [6.07, 6.45) is 6.36. The van der Waals surface area contributed by atoms with E-state index < -0.39 is 0 Å². The van der Waals surface area contributed by atoms with Gasteiger partial charge in [0.25, 0.3) is 0 Å². The zero-order chi connectivity index (χ0) is 32.5. The van der Waals surface area contributed by atoms with Gasteiger partial charge >= 0.3 is 0 Å². The topological polar surface area (TPSA) is 98.9 Å². The molecule has 8 nitrogen and oxygen atoms in total. The number of anilines is 1. The highest BCUT2D eigenvalue weighted by Crippen LogP contribution is 2.38. The van der Waals surface area contributed by atoms with E-state index in [1.807, 2.05) is 44.2 Å². The normalized spacial score (nSPS) is 13.6. The Morgan fingerprint density at radius 3 is 2.66 bits per heavy atom. The third-order valence-corrected chi connectivity index (χ3v) is 8.83. The van der Waals surface area contributed by atoms with Gasteiger partial charge in [-0.3, -0.25) is 19.8 Å². The second kappa shape index (κ2) is 13.0. The van der Waals surface area contributed by atoms with Crippen LogP contribution in [0.15, 0.2) is 73.1 Å². The number of aryl methyl sites for hydroxylation is 1. The van der Waals surface area contributed by atoms with Crippen LogP contribution in [0.25, 0.3) is 55.4 Å². The lowest BCUT2D eigenvalue weighted by Crippen LogP contribution is -2.25. The molecule has 0 unspecified atom stereocenters. The van der Waals surface area contributed by atoms with Crippen LogP contribution in [0.2, 0.25) is 0 Å². The number of fused-ring (bicyclic) bond motifs is 2. The number of carbonyl (C=O) groups excluding carboxylic acids is 1. The van der Waals surface area contributed by atoms with Crippen LogP contribution in [-0.4, -0.2) is 57.2 Å². The third-order valence-electron chi connectivity index (χ3n) is 8.83. The SMILES string of the molecule is Cc1ccc(-c2cc(F)cc(OCCN3CCCC3)c2)c2cc(-c3n[nH]c4ccc(-c5cncc(NC(=O)CC(C)C)c5)cc34)[nH]c12. The lowest BCUT2D eigenvalue weighted by atomic mass is 9.99. The van der Waals surface area contributed by atoms with Gasteiger partial charge in [0, 0.05) is 47.1 Å². The molecule has 0 saturated carbocycles. The van der Waals surface area contributed by atoms with E-state index in [2.05, 4.69) is 50.4 Å². The van der Waals surface area contributed by atoms with Crippen LogP contribution >= 0.6 is 0 Å². The molecule has 0 aliphatic carbocycles. The standard InChI is InChI=1S/C38H39FN6O2/c1-23(2)14-36(46)41-29-16-27(21-40-22-29)25-7-9-34-33(18-25)38(44-43-34)35-20-32-31(8-6-24(3)37(32)42-35)26-15-28(39)19-30(17-26)47-13-12-45-10-4-5-11-45/h6-9,15-23,42H,4-5,10-14H2,1-3H3,(H,41,46)(H,43,44). The first-order valence-electron chi connectivity index (χ1n) is 16.3. The van der Waals surface area contributed by atoms with Crippen molar-refractivity contribution in [2.75, 3.05) is 31.6 Å². The van der Waals surface area contributed by atoms with Gasteiger partial charge in [-0.15, -0.1) is 0 Å². The van der Waals surface area contributed by atoms with Gasteiger partial charge in [-0.1, -0.05) is 32.0 Å². The van der Waals surface area contributed by atoms with Gasteiger partial charge in [-0.2, -0.15) is 5.10 Å². The summed E-state index contributed by atoms with van der Waals surface area (Å²) in [5, 5.41) is 12.8. The molecule has 1 aliphatic rings. The van der Waals surface area contributed by atoms with E-state index in [4.69, 9.17) is 9.84 Å². The van der Waals surface area contributed by atoms with Gasteiger partial charge in [0.2, 0.25) is 5.91 Å². The molecule has 47 heavy (non-hydrogen) atoms. The molecule has 4 heterocycles. The molecule has 7 rings (SSSR count). The molecule has 0 atom stereocenters. The van der Waals surface area contributed by atoms with Crippen LogP contribution in [0.3, 0.4) is 0 Å². The number of aromatic nitrogens is 4. The first-order valence-corrected chi connectivity index (χ1v) is 16.3. The van der Waals surface area contributed by atoms with E-state index in [9.17, 15) is 9.18 Å². The van der Waals surface area contributed by atoms with Crippen molar-refractivity contribution in [3.8, 4) is 39.4 Å². The van der Waals surface area contributed by atoms with Crippen molar-refractivity contribution < 1.29 is 13.9 Å². The van der Waals surface area contributed by atoms with E-state index in [0.29, 0.717) is 24.5 Å². The molecule has 3 aromatic carbocycles. The number of aromatic amines is 2. The van der Waals surface area contributed by atoms with Gasteiger partial charge < -0.3 is 15.0 Å². The number of rotatable bonds is 10. The summed E-state index contributed by atoms with van der Waals surface area (Å²) >= 11 is 0.